The first-order valence-electron chi connectivity index (χ1n) is 9.29. The summed E-state index contributed by atoms with van der Waals surface area (Å²) in [6.45, 7) is 12.1. The van der Waals surface area contributed by atoms with E-state index < -0.39 is 0 Å². The minimum atomic E-state index is -0.0243. The lowest BCUT2D eigenvalue weighted by Crippen LogP contribution is -2.51. The van der Waals surface area contributed by atoms with E-state index in [9.17, 15) is 0 Å². The van der Waals surface area contributed by atoms with Crippen molar-refractivity contribution in [3.05, 3.63) is 34.9 Å². The topological polar surface area (TPSA) is 39.7 Å². The van der Waals surface area contributed by atoms with Crippen LogP contribution in [0.15, 0.2) is 29.3 Å². The molecule has 0 saturated carbocycles. The van der Waals surface area contributed by atoms with Gasteiger partial charge in [-0.2, -0.15) is 0 Å². The van der Waals surface area contributed by atoms with Crippen LogP contribution >= 0.6 is 11.6 Å². The smallest absolute Gasteiger partial charge is 0.191 e. The number of benzene rings is 1. The molecule has 0 amide bonds. The van der Waals surface area contributed by atoms with E-state index in [1.54, 1.807) is 0 Å². The van der Waals surface area contributed by atoms with Gasteiger partial charge in [0.1, 0.15) is 0 Å². The Morgan fingerprint density at radius 1 is 1.32 bits per heavy atom. The molecular formula is C20H33ClN4. The van der Waals surface area contributed by atoms with Gasteiger partial charge in [-0.15, -0.1) is 0 Å². The molecular weight excluding hydrogens is 332 g/mol. The fraction of sp³-hybridized carbons (Fsp3) is 0.650. The summed E-state index contributed by atoms with van der Waals surface area (Å²) in [7, 11) is 1.84. The number of piperidine rings is 1. The van der Waals surface area contributed by atoms with Crippen LogP contribution in [0, 0.1) is 0 Å². The first-order chi connectivity index (χ1) is 11.8. The molecule has 1 saturated heterocycles. The molecule has 0 unspecified atom stereocenters. The fourth-order valence-electron chi connectivity index (χ4n) is 3.26. The molecule has 1 aliphatic rings. The van der Waals surface area contributed by atoms with E-state index in [2.05, 4.69) is 54.3 Å². The second kappa shape index (κ2) is 8.91. The Kier molecular flexibility index (Phi) is 7.14. The molecule has 4 nitrogen and oxygen atoms in total. The standard InChI is InChI=1S/C20H33ClN4/c1-15(2)25-11-9-18(10-12-25)24-19(22-5)23-14-20(3,4)16-7-6-8-17(21)13-16/h6-8,13,15,18H,9-12,14H2,1-5H3,(H2,22,23,24). The lowest BCUT2D eigenvalue weighted by Gasteiger charge is -2.35. The van der Waals surface area contributed by atoms with Gasteiger partial charge in [0.25, 0.3) is 0 Å². The molecule has 2 rings (SSSR count). The second-order valence-electron chi connectivity index (χ2n) is 7.87. The van der Waals surface area contributed by atoms with Gasteiger partial charge in [-0.25, -0.2) is 0 Å². The zero-order chi connectivity index (χ0) is 18.4. The highest BCUT2D eigenvalue weighted by atomic mass is 35.5. The maximum atomic E-state index is 6.14. The second-order valence-corrected chi connectivity index (χ2v) is 8.30. The van der Waals surface area contributed by atoms with Gasteiger partial charge < -0.3 is 15.5 Å². The van der Waals surface area contributed by atoms with Gasteiger partial charge in [0.15, 0.2) is 5.96 Å². The Balaban J connectivity index is 1.86. The molecule has 0 atom stereocenters. The number of aliphatic imine (C=N–C) groups is 1. The lowest BCUT2D eigenvalue weighted by molar-refractivity contribution is 0.167. The van der Waals surface area contributed by atoms with E-state index >= 15 is 0 Å². The summed E-state index contributed by atoms with van der Waals surface area (Å²) >= 11 is 6.14. The van der Waals surface area contributed by atoms with Crippen LogP contribution in [0.2, 0.25) is 5.02 Å². The van der Waals surface area contributed by atoms with E-state index in [4.69, 9.17) is 11.6 Å². The quantitative estimate of drug-likeness (QED) is 0.618. The molecule has 0 radical (unpaired) electrons. The first-order valence-corrected chi connectivity index (χ1v) is 9.67. The van der Waals surface area contributed by atoms with Crippen molar-refractivity contribution in [2.75, 3.05) is 26.7 Å². The number of hydrogen-bond acceptors (Lipinski definition) is 2. The van der Waals surface area contributed by atoms with Crippen LogP contribution < -0.4 is 10.6 Å². The molecule has 1 aromatic rings. The third-order valence-electron chi connectivity index (χ3n) is 5.13. The van der Waals surface area contributed by atoms with Crippen molar-refractivity contribution in [3.8, 4) is 0 Å². The van der Waals surface area contributed by atoms with Crippen LogP contribution in [-0.4, -0.2) is 49.6 Å². The predicted octanol–water partition coefficient (Wildman–Crippen LogP) is 3.66. The summed E-state index contributed by atoms with van der Waals surface area (Å²) in [6, 6.07) is 9.23. The summed E-state index contributed by atoms with van der Waals surface area (Å²) < 4.78 is 0. The van der Waals surface area contributed by atoms with Crippen molar-refractivity contribution in [2.45, 2.75) is 58.0 Å². The van der Waals surface area contributed by atoms with E-state index in [0.29, 0.717) is 12.1 Å². The van der Waals surface area contributed by atoms with E-state index in [-0.39, 0.29) is 5.41 Å². The van der Waals surface area contributed by atoms with Gasteiger partial charge in [-0.3, -0.25) is 4.99 Å². The van der Waals surface area contributed by atoms with Gasteiger partial charge in [0.05, 0.1) is 0 Å². The molecule has 25 heavy (non-hydrogen) atoms. The van der Waals surface area contributed by atoms with Crippen molar-refractivity contribution in [1.82, 2.24) is 15.5 Å². The third-order valence-corrected chi connectivity index (χ3v) is 5.36. The van der Waals surface area contributed by atoms with E-state index in [0.717, 1.165) is 43.5 Å². The molecule has 1 aromatic carbocycles. The molecule has 0 bridgehead atoms. The van der Waals surface area contributed by atoms with E-state index in [1.807, 2.05) is 25.2 Å². The predicted molar refractivity (Wildman–Crippen MR) is 109 cm³/mol. The van der Waals surface area contributed by atoms with Gasteiger partial charge >= 0.3 is 0 Å². The molecule has 5 heteroatoms. The number of guanidine groups is 1. The minimum Gasteiger partial charge on any atom is -0.356 e. The molecule has 140 valence electrons. The number of halogens is 1. The first kappa shape index (κ1) is 20.1. The third kappa shape index (κ3) is 5.89. The van der Waals surface area contributed by atoms with Gasteiger partial charge in [0.2, 0.25) is 0 Å². The molecule has 1 fully saturated rings. The summed E-state index contributed by atoms with van der Waals surface area (Å²) in [5.41, 5.74) is 1.21. The SMILES string of the molecule is CN=C(NCC(C)(C)c1cccc(Cl)c1)NC1CCN(C(C)C)CC1. The van der Waals surface area contributed by atoms with Crippen molar-refractivity contribution in [2.24, 2.45) is 4.99 Å². The van der Waals surface area contributed by atoms with Crippen LogP contribution in [0.4, 0.5) is 0 Å². The molecule has 1 aliphatic heterocycles. The Labute approximate surface area is 158 Å². The number of hydrogen-bond donors (Lipinski definition) is 2. The lowest BCUT2D eigenvalue weighted by atomic mass is 9.84. The maximum absolute atomic E-state index is 6.14. The van der Waals surface area contributed by atoms with Crippen LogP contribution in [0.5, 0.6) is 0 Å². The van der Waals surface area contributed by atoms with Crippen LogP contribution in [0.25, 0.3) is 0 Å². The Morgan fingerprint density at radius 3 is 2.56 bits per heavy atom. The number of nitrogens with zero attached hydrogens (tertiary/aromatic N) is 2. The molecule has 0 aliphatic carbocycles. The summed E-state index contributed by atoms with van der Waals surface area (Å²) in [5.74, 6) is 0.887. The van der Waals surface area contributed by atoms with Crippen LogP contribution in [0.1, 0.15) is 46.1 Å². The summed E-state index contributed by atoms with van der Waals surface area (Å²) in [6.07, 6.45) is 2.33. The fourth-order valence-corrected chi connectivity index (χ4v) is 3.45. The number of likely N-dealkylation sites (tertiary alicyclic amines) is 1. The maximum Gasteiger partial charge on any atom is 0.191 e. The Hall–Kier alpha value is -1.26. The molecule has 1 heterocycles. The number of nitrogens with one attached hydrogen (secondary N) is 2. The van der Waals surface area contributed by atoms with Crippen LogP contribution in [0.3, 0.4) is 0 Å². The van der Waals surface area contributed by atoms with Crippen LogP contribution in [-0.2, 0) is 5.41 Å². The largest absolute Gasteiger partial charge is 0.356 e. The summed E-state index contributed by atoms with van der Waals surface area (Å²) in [4.78, 5) is 6.94. The number of rotatable bonds is 5. The van der Waals surface area contributed by atoms with Gasteiger partial charge in [-0.05, 0) is 44.4 Å². The molecule has 0 spiro atoms. The summed E-state index contributed by atoms with van der Waals surface area (Å²) in [5, 5.41) is 7.86. The molecule has 2 N–H and O–H groups in total. The highest BCUT2D eigenvalue weighted by Gasteiger charge is 2.24. The normalized spacial score (nSPS) is 17.8. The van der Waals surface area contributed by atoms with Crippen molar-refractivity contribution in [3.63, 3.8) is 0 Å². The van der Waals surface area contributed by atoms with Gasteiger partial charge in [-0.1, -0.05) is 37.6 Å². The monoisotopic (exact) mass is 364 g/mol. The Morgan fingerprint density at radius 2 is 2.00 bits per heavy atom. The highest BCUT2D eigenvalue weighted by Crippen LogP contribution is 2.24. The zero-order valence-corrected chi connectivity index (χ0v) is 17.0. The molecule has 0 aromatic heterocycles. The van der Waals surface area contributed by atoms with Crippen molar-refractivity contribution < 1.29 is 0 Å². The van der Waals surface area contributed by atoms with Gasteiger partial charge in [0, 0.05) is 49.2 Å². The van der Waals surface area contributed by atoms with Crippen molar-refractivity contribution >= 4 is 17.6 Å². The zero-order valence-electron chi connectivity index (χ0n) is 16.3. The van der Waals surface area contributed by atoms with Crippen molar-refractivity contribution in [1.29, 1.82) is 0 Å². The average molecular weight is 365 g/mol. The van der Waals surface area contributed by atoms with E-state index in [1.165, 1.54) is 5.56 Å². The minimum absolute atomic E-state index is 0.0243. The highest BCUT2D eigenvalue weighted by molar-refractivity contribution is 6.30. The average Bonchev–Trinajstić information content (AvgIpc) is 2.59. The Bertz CT molecular complexity index is 575.